The van der Waals surface area contributed by atoms with Crippen molar-refractivity contribution >= 4 is 22.9 Å². The van der Waals surface area contributed by atoms with Crippen LogP contribution in [0.1, 0.15) is 27.3 Å². The van der Waals surface area contributed by atoms with Crippen LogP contribution in [0.5, 0.6) is 0 Å². The molecule has 1 saturated heterocycles. The molecule has 0 aliphatic carbocycles. The first-order valence-corrected chi connectivity index (χ1v) is 10.1. The molecule has 0 spiro atoms. The Morgan fingerprint density at radius 3 is 2.48 bits per heavy atom. The summed E-state index contributed by atoms with van der Waals surface area (Å²) in [7, 11) is 0. The predicted octanol–water partition coefficient (Wildman–Crippen LogP) is 3.82. The number of hydrogen-bond acceptors (Lipinski definition) is 4. The molecule has 0 N–H and O–H groups in total. The van der Waals surface area contributed by atoms with Gasteiger partial charge < -0.3 is 9.80 Å². The van der Waals surface area contributed by atoms with Gasteiger partial charge in [-0.2, -0.15) is 0 Å². The van der Waals surface area contributed by atoms with E-state index in [4.69, 9.17) is 0 Å². The number of nitrogens with zero attached hydrogens (tertiary/aromatic N) is 4. The lowest BCUT2D eigenvalue weighted by Crippen LogP contribution is -2.49. The lowest BCUT2D eigenvalue weighted by molar-refractivity contribution is 0.0746. The lowest BCUT2D eigenvalue weighted by Gasteiger charge is -2.36. The van der Waals surface area contributed by atoms with Crippen LogP contribution in [0.3, 0.4) is 0 Å². The Hall–Kier alpha value is -2.60. The van der Waals surface area contributed by atoms with Crippen molar-refractivity contribution in [3.05, 3.63) is 64.4 Å². The molecule has 4 rings (SSSR count). The summed E-state index contributed by atoms with van der Waals surface area (Å²) in [6.45, 7) is 9.39. The van der Waals surface area contributed by atoms with Crippen molar-refractivity contribution < 1.29 is 4.79 Å². The molecular weight excluding hydrogens is 356 g/mol. The van der Waals surface area contributed by atoms with Crippen LogP contribution in [0.2, 0.25) is 0 Å². The van der Waals surface area contributed by atoms with Crippen LogP contribution in [0.4, 0.5) is 5.69 Å². The first-order chi connectivity index (χ1) is 13.1. The minimum absolute atomic E-state index is 0.121. The van der Waals surface area contributed by atoms with E-state index in [9.17, 15) is 4.79 Å². The van der Waals surface area contributed by atoms with Crippen LogP contribution < -0.4 is 4.90 Å². The summed E-state index contributed by atoms with van der Waals surface area (Å²) in [4.78, 5) is 21.9. The van der Waals surface area contributed by atoms with Crippen molar-refractivity contribution in [1.82, 2.24) is 14.5 Å². The molecule has 0 unspecified atom stereocenters. The Kier molecular flexibility index (Phi) is 4.74. The van der Waals surface area contributed by atoms with E-state index in [1.165, 1.54) is 11.3 Å². The number of piperazine rings is 1. The largest absolute Gasteiger partial charge is 0.368 e. The summed E-state index contributed by atoms with van der Waals surface area (Å²) >= 11 is 1.58. The topological polar surface area (TPSA) is 41.4 Å². The van der Waals surface area contributed by atoms with Gasteiger partial charge in [0.1, 0.15) is 0 Å². The van der Waals surface area contributed by atoms with Crippen molar-refractivity contribution in [1.29, 1.82) is 0 Å². The summed E-state index contributed by atoms with van der Waals surface area (Å²) in [5, 5.41) is 2.87. The van der Waals surface area contributed by atoms with Gasteiger partial charge in [0.05, 0.1) is 5.56 Å². The average molecular weight is 381 g/mol. The smallest absolute Gasteiger partial charge is 0.255 e. The van der Waals surface area contributed by atoms with Crippen molar-refractivity contribution in [3.63, 3.8) is 0 Å². The maximum absolute atomic E-state index is 13.1. The fraction of sp³-hybridized carbons (Fsp3) is 0.333. The highest BCUT2D eigenvalue weighted by molar-refractivity contribution is 7.12. The van der Waals surface area contributed by atoms with E-state index < -0.39 is 0 Å². The maximum Gasteiger partial charge on any atom is 0.255 e. The van der Waals surface area contributed by atoms with Crippen LogP contribution in [-0.4, -0.2) is 46.5 Å². The fourth-order valence-corrected chi connectivity index (χ4v) is 4.59. The van der Waals surface area contributed by atoms with Crippen molar-refractivity contribution in [2.24, 2.45) is 0 Å². The fourth-order valence-electron chi connectivity index (χ4n) is 3.84. The van der Waals surface area contributed by atoms with E-state index in [1.807, 2.05) is 30.2 Å². The van der Waals surface area contributed by atoms with Gasteiger partial charge in [0.15, 0.2) is 5.13 Å². The molecule has 0 radical (unpaired) electrons. The number of aryl methyl sites for hydroxylation is 2. The summed E-state index contributed by atoms with van der Waals surface area (Å²) in [5.74, 6) is 0.121. The number of para-hydroxylation sites is 1. The Bertz CT molecular complexity index is 953. The normalized spacial score (nSPS) is 14.6. The van der Waals surface area contributed by atoms with E-state index in [-0.39, 0.29) is 5.91 Å². The third-order valence-corrected chi connectivity index (χ3v) is 6.05. The quantitative estimate of drug-likeness (QED) is 0.694. The SMILES string of the molecule is Cc1ccccc1N1CCN(C(=O)c2cc(C)n(-c3nccs3)c2C)CC1. The third kappa shape index (κ3) is 3.25. The molecule has 140 valence electrons. The number of hydrogen-bond donors (Lipinski definition) is 0. The molecule has 2 aromatic heterocycles. The van der Waals surface area contributed by atoms with E-state index >= 15 is 0 Å². The Morgan fingerprint density at radius 2 is 1.81 bits per heavy atom. The van der Waals surface area contributed by atoms with Crippen molar-refractivity contribution in [2.45, 2.75) is 20.8 Å². The third-order valence-electron chi connectivity index (χ3n) is 5.30. The molecule has 1 fully saturated rings. The molecule has 3 aromatic rings. The Labute approximate surface area is 163 Å². The summed E-state index contributed by atoms with van der Waals surface area (Å²) < 4.78 is 2.07. The molecule has 5 nitrogen and oxygen atoms in total. The van der Waals surface area contributed by atoms with E-state index in [0.29, 0.717) is 0 Å². The highest BCUT2D eigenvalue weighted by Crippen LogP contribution is 2.25. The first kappa shape index (κ1) is 17.8. The maximum atomic E-state index is 13.1. The highest BCUT2D eigenvalue weighted by Gasteiger charge is 2.26. The van der Waals surface area contributed by atoms with E-state index in [1.54, 1.807) is 17.5 Å². The molecule has 1 aromatic carbocycles. The molecule has 6 heteroatoms. The number of carbonyl (C=O) groups excluding carboxylic acids is 1. The number of rotatable bonds is 3. The van der Waals surface area contributed by atoms with Gasteiger partial charge in [-0.15, -0.1) is 11.3 Å². The first-order valence-electron chi connectivity index (χ1n) is 9.25. The molecule has 27 heavy (non-hydrogen) atoms. The molecule has 0 atom stereocenters. The van der Waals surface area contributed by atoms with Crippen LogP contribution in [0.15, 0.2) is 41.9 Å². The minimum Gasteiger partial charge on any atom is -0.368 e. The van der Waals surface area contributed by atoms with Gasteiger partial charge in [0.25, 0.3) is 5.91 Å². The monoisotopic (exact) mass is 380 g/mol. The van der Waals surface area contributed by atoms with Crippen molar-refractivity contribution in [2.75, 3.05) is 31.1 Å². The average Bonchev–Trinajstić information content (AvgIpc) is 3.29. The number of thiazole rings is 1. The molecule has 1 aliphatic rings. The van der Waals surface area contributed by atoms with Crippen LogP contribution in [0, 0.1) is 20.8 Å². The zero-order chi connectivity index (χ0) is 19.0. The van der Waals surface area contributed by atoms with Gasteiger partial charge in [-0.1, -0.05) is 18.2 Å². The van der Waals surface area contributed by atoms with Gasteiger partial charge >= 0.3 is 0 Å². The Balaban J connectivity index is 1.51. The number of amides is 1. The second-order valence-electron chi connectivity index (χ2n) is 7.00. The van der Waals surface area contributed by atoms with Gasteiger partial charge in [-0.05, 0) is 38.5 Å². The number of carbonyl (C=O) groups is 1. The molecule has 1 aliphatic heterocycles. The number of aromatic nitrogens is 2. The molecule has 0 bridgehead atoms. The number of benzene rings is 1. The predicted molar refractivity (Wildman–Crippen MR) is 110 cm³/mol. The minimum atomic E-state index is 0.121. The number of anilines is 1. The molecule has 3 heterocycles. The standard InChI is InChI=1S/C21H24N4OS/c1-15-6-4-5-7-19(15)23-9-11-24(12-10-23)20(26)18-14-16(2)25(17(18)3)21-22-8-13-27-21/h4-8,13-14H,9-12H2,1-3H3. The summed E-state index contributed by atoms with van der Waals surface area (Å²) in [6.07, 6.45) is 1.80. The van der Waals surface area contributed by atoms with Gasteiger partial charge in [-0.25, -0.2) is 4.98 Å². The second-order valence-corrected chi connectivity index (χ2v) is 7.87. The van der Waals surface area contributed by atoms with Crippen LogP contribution in [-0.2, 0) is 0 Å². The highest BCUT2D eigenvalue weighted by atomic mass is 32.1. The van der Waals surface area contributed by atoms with Gasteiger partial charge in [-0.3, -0.25) is 9.36 Å². The van der Waals surface area contributed by atoms with Crippen molar-refractivity contribution in [3.8, 4) is 5.13 Å². The Morgan fingerprint density at radius 1 is 1.07 bits per heavy atom. The van der Waals surface area contributed by atoms with Gasteiger partial charge in [0.2, 0.25) is 0 Å². The van der Waals surface area contributed by atoms with E-state index in [2.05, 4.69) is 45.6 Å². The van der Waals surface area contributed by atoms with Crippen LogP contribution in [0.25, 0.3) is 5.13 Å². The zero-order valence-corrected chi connectivity index (χ0v) is 16.8. The zero-order valence-electron chi connectivity index (χ0n) is 16.0. The van der Waals surface area contributed by atoms with E-state index in [0.717, 1.165) is 48.3 Å². The molecular formula is C21H24N4OS. The lowest BCUT2D eigenvalue weighted by atomic mass is 10.1. The summed E-state index contributed by atoms with van der Waals surface area (Å²) in [5.41, 5.74) is 5.35. The van der Waals surface area contributed by atoms with Gasteiger partial charge in [0, 0.05) is 54.8 Å². The second kappa shape index (κ2) is 7.19. The molecule has 0 saturated carbocycles. The molecule has 1 amide bonds. The summed E-state index contributed by atoms with van der Waals surface area (Å²) in [6, 6.07) is 10.4. The van der Waals surface area contributed by atoms with Crippen LogP contribution >= 0.6 is 11.3 Å².